The molecule has 1 unspecified atom stereocenters. The molecule has 0 aliphatic heterocycles. The second-order valence-corrected chi connectivity index (χ2v) is 4.13. The van der Waals surface area contributed by atoms with Gasteiger partial charge in [0.2, 0.25) is 0 Å². The van der Waals surface area contributed by atoms with Crippen LogP contribution in [-0.2, 0) is 0 Å². The lowest BCUT2D eigenvalue weighted by atomic mass is 10.0. The number of hydrogen-bond acceptors (Lipinski definition) is 2. The van der Waals surface area contributed by atoms with Crippen molar-refractivity contribution < 1.29 is 0 Å². The van der Waals surface area contributed by atoms with Gasteiger partial charge in [0.1, 0.15) is 0 Å². The van der Waals surface area contributed by atoms with Gasteiger partial charge < -0.3 is 10.3 Å². The molecule has 16 heavy (non-hydrogen) atoms. The van der Waals surface area contributed by atoms with Crippen LogP contribution in [0.1, 0.15) is 18.0 Å². The monoisotopic (exact) mass is 231 g/mol. The van der Waals surface area contributed by atoms with E-state index >= 15 is 0 Å². The zero-order chi connectivity index (χ0) is 11.4. The first-order chi connectivity index (χ1) is 7.77. The van der Waals surface area contributed by atoms with Crippen LogP contribution in [0.4, 0.5) is 0 Å². The number of rotatable bonds is 4. The molecule has 82 valence electrons. The SMILES string of the molecule is NC(=S)CC(c1ccccc1)n1ccnc1. The summed E-state index contributed by atoms with van der Waals surface area (Å²) in [6, 6.07) is 10.3. The lowest BCUT2D eigenvalue weighted by Crippen LogP contribution is -2.18. The van der Waals surface area contributed by atoms with Crippen molar-refractivity contribution in [2.24, 2.45) is 5.73 Å². The minimum atomic E-state index is 0.140. The highest BCUT2D eigenvalue weighted by atomic mass is 32.1. The summed E-state index contributed by atoms with van der Waals surface area (Å²) in [6.45, 7) is 0. The van der Waals surface area contributed by atoms with Gasteiger partial charge in [-0.1, -0.05) is 42.5 Å². The van der Waals surface area contributed by atoms with Gasteiger partial charge in [-0.2, -0.15) is 0 Å². The first-order valence-electron chi connectivity index (χ1n) is 5.08. The summed E-state index contributed by atoms with van der Waals surface area (Å²) in [5.41, 5.74) is 6.82. The second kappa shape index (κ2) is 4.90. The maximum atomic E-state index is 5.63. The van der Waals surface area contributed by atoms with Crippen LogP contribution in [0, 0.1) is 0 Å². The van der Waals surface area contributed by atoms with Crippen molar-refractivity contribution in [2.45, 2.75) is 12.5 Å². The molecule has 0 aliphatic carbocycles. The molecule has 2 rings (SSSR count). The summed E-state index contributed by atoms with van der Waals surface area (Å²) in [7, 11) is 0. The van der Waals surface area contributed by atoms with Crippen molar-refractivity contribution in [3.63, 3.8) is 0 Å². The van der Waals surface area contributed by atoms with Crippen molar-refractivity contribution in [2.75, 3.05) is 0 Å². The molecule has 4 heteroatoms. The molecule has 2 N–H and O–H groups in total. The zero-order valence-corrected chi connectivity index (χ0v) is 9.60. The predicted molar refractivity (Wildman–Crippen MR) is 68.2 cm³/mol. The Morgan fingerprint density at radius 3 is 2.69 bits per heavy atom. The van der Waals surface area contributed by atoms with Gasteiger partial charge in [-0.05, 0) is 5.56 Å². The number of benzene rings is 1. The van der Waals surface area contributed by atoms with Gasteiger partial charge in [-0.25, -0.2) is 4.98 Å². The van der Waals surface area contributed by atoms with Crippen molar-refractivity contribution >= 4 is 17.2 Å². The van der Waals surface area contributed by atoms with E-state index in [4.69, 9.17) is 18.0 Å². The molecule has 0 fully saturated rings. The number of nitrogens with zero attached hydrogens (tertiary/aromatic N) is 2. The van der Waals surface area contributed by atoms with E-state index in [0.29, 0.717) is 11.4 Å². The molecule has 0 amide bonds. The third-order valence-corrected chi connectivity index (χ3v) is 2.63. The highest BCUT2D eigenvalue weighted by Crippen LogP contribution is 2.21. The first-order valence-corrected chi connectivity index (χ1v) is 5.49. The molecule has 3 nitrogen and oxygen atoms in total. The van der Waals surface area contributed by atoms with Crippen LogP contribution in [0.2, 0.25) is 0 Å². The quantitative estimate of drug-likeness (QED) is 0.820. The van der Waals surface area contributed by atoms with Gasteiger partial charge in [0, 0.05) is 18.8 Å². The summed E-state index contributed by atoms with van der Waals surface area (Å²) in [5.74, 6) is 0. The third kappa shape index (κ3) is 2.46. The van der Waals surface area contributed by atoms with Gasteiger partial charge in [-0.3, -0.25) is 0 Å². The van der Waals surface area contributed by atoms with Crippen LogP contribution in [-0.4, -0.2) is 14.5 Å². The average Bonchev–Trinajstić information content (AvgIpc) is 2.80. The molecule has 0 radical (unpaired) electrons. The van der Waals surface area contributed by atoms with Gasteiger partial charge in [0.25, 0.3) is 0 Å². The lowest BCUT2D eigenvalue weighted by Gasteiger charge is -2.18. The standard InChI is InChI=1S/C12H13N3S/c13-12(16)8-11(15-7-6-14-9-15)10-4-2-1-3-5-10/h1-7,9,11H,8H2,(H2,13,16). The molecule has 0 bridgehead atoms. The number of nitrogens with two attached hydrogens (primary N) is 1. The summed E-state index contributed by atoms with van der Waals surface area (Å²) in [6.07, 6.45) is 6.12. The van der Waals surface area contributed by atoms with Crippen LogP contribution in [0.25, 0.3) is 0 Å². The Balaban J connectivity index is 2.32. The number of hydrogen-bond donors (Lipinski definition) is 1. The third-order valence-electron chi connectivity index (χ3n) is 2.46. The van der Waals surface area contributed by atoms with E-state index in [1.807, 2.05) is 29.0 Å². The van der Waals surface area contributed by atoms with Crippen LogP contribution in [0.15, 0.2) is 49.1 Å². The summed E-state index contributed by atoms with van der Waals surface area (Å²) < 4.78 is 2.02. The first kappa shape index (κ1) is 10.8. The molecule has 0 spiro atoms. The Morgan fingerprint density at radius 2 is 2.12 bits per heavy atom. The van der Waals surface area contributed by atoms with Crippen molar-refractivity contribution in [3.8, 4) is 0 Å². The molecule has 1 atom stereocenters. The molecule has 0 saturated carbocycles. The van der Waals surface area contributed by atoms with Crippen LogP contribution < -0.4 is 5.73 Å². The summed E-state index contributed by atoms with van der Waals surface area (Å²) in [4.78, 5) is 4.57. The van der Waals surface area contributed by atoms with E-state index in [-0.39, 0.29) is 6.04 Å². The Bertz CT molecular complexity index is 450. The van der Waals surface area contributed by atoms with Crippen LogP contribution in [0.5, 0.6) is 0 Å². The van der Waals surface area contributed by atoms with E-state index in [0.717, 1.165) is 0 Å². The van der Waals surface area contributed by atoms with Crippen molar-refractivity contribution in [1.29, 1.82) is 0 Å². The van der Waals surface area contributed by atoms with Crippen molar-refractivity contribution in [3.05, 3.63) is 54.6 Å². The van der Waals surface area contributed by atoms with Gasteiger partial charge >= 0.3 is 0 Å². The van der Waals surface area contributed by atoms with E-state index in [2.05, 4.69) is 17.1 Å². The fraction of sp³-hybridized carbons (Fsp3) is 0.167. The highest BCUT2D eigenvalue weighted by molar-refractivity contribution is 7.80. The Kier molecular flexibility index (Phi) is 3.31. The topological polar surface area (TPSA) is 43.8 Å². The van der Waals surface area contributed by atoms with E-state index < -0.39 is 0 Å². The van der Waals surface area contributed by atoms with E-state index in [1.165, 1.54) is 5.56 Å². The summed E-state index contributed by atoms with van der Waals surface area (Å²) in [5, 5.41) is 0. The fourth-order valence-corrected chi connectivity index (χ4v) is 1.87. The average molecular weight is 231 g/mol. The molecule has 1 aromatic heterocycles. The van der Waals surface area contributed by atoms with Crippen molar-refractivity contribution in [1.82, 2.24) is 9.55 Å². The molecule has 0 aliphatic rings. The van der Waals surface area contributed by atoms with Crippen LogP contribution >= 0.6 is 12.2 Å². The fourth-order valence-electron chi connectivity index (χ4n) is 1.71. The molecule has 1 aromatic carbocycles. The largest absolute Gasteiger partial charge is 0.393 e. The Hall–Kier alpha value is -1.68. The maximum absolute atomic E-state index is 5.63. The Morgan fingerprint density at radius 1 is 1.38 bits per heavy atom. The van der Waals surface area contributed by atoms with Gasteiger partial charge in [0.05, 0.1) is 17.4 Å². The zero-order valence-electron chi connectivity index (χ0n) is 8.78. The van der Waals surface area contributed by atoms with E-state index in [1.54, 1.807) is 12.5 Å². The Labute approximate surface area is 99.9 Å². The predicted octanol–water partition coefficient (Wildman–Crippen LogP) is 2.15. The number of imidazole rings is 1. The molecular formula is C12H13N3S. The second-order valence-electron chi connectivity index (χ2n) is 3.61. The molecule has 0 saturated heterocycles. The highest BCUT2D eigenvalue weighted by Gasteiger charge is 2.13. The maximum Gasteiger partial charge on any atom is 0.0951 e. The van der Waals surface area contributed by atoms with Gasteiger partial charge in [-0.15, -0.1) is 0 Å². The number of aromatic nitrogens is 2. The summed E-state index contributed by atoms with van der Waals surface area (Å²) >= 11 is 4.99. The minimum Gasteiger partial charge on any atom is -0.393 e. The lowest BCUT2D eigenvalue weighted by molar-refractivity contribution is 0.606. The van der Waals surface area contributed by atoms with Crippen LogP contribution in [0.3, 0.4) is 0 Å². The van der Waals surface area contributed by atoms with Gasteiger partial charge in [0.15, 0.2) is 0 Å². The number of thiocarbonyl (C=S) groups is 1. The smallest absolute Gasteiger partial charge is 0.0951 e. The normalized spacial score (nSPS) is 12.2. The molecule has 1 heterocycles. The molecule has 2 aromatic rings. The van der Waals surface area contributed by atoms with E-state index in [9.17, 15) is 0 Å². The molecular weight excluding hydrogens is 218 g/mol. The minimum absolute atomic E-state index is 0.140.